The normalized spacial score (nSPS) is 13.7. The highest BCUT2D eigenvalue weighted by Crippen LogP contribution is 2.31. The van der Waals surface area contributed by atoms with E-state index in [1.54, 1.807) is 6.20 Å². The SMILES string of the molecule is CCC(C)c1ccccc1Oc1ccc([C@@H](N)CC)nc1. The highest BCUT2D eigenvalue weighted by molar-refractivity contribution is 5.39. The fourth-order valence-corrected chi connectivity index (χ4v) is 2.21. The first-order valence-corrected chi connectivity index (χ1v) is 7.64. The first-order chi connectivity index (χ1) is 10.2. The van der Waals surface area contributed by atoms with E-state index in [0.29, 0.717) is 5.92 Å². The smallest absolute Gasteiger partial charge is 0.145 e. The lowest BCUT2D eigenvalue weighted by molar-refractivity contribution is 0.467. The molecule has 1 aromatic heterocycles. The molecule has 0 saturated carbocycles. The Bertz CT molecular complexity index is 566. The fraction of sp³-hybridized carbons (Fsp3) is 0.389. The van der Waals surface area contributed by atoms with Crippen molar-refractivity contribution < 1.29 is 4.74 Å². The molecule has 0 radical (unpaired) electrons. The highest BCUT2D eigenvalue weighted by Gasteiger charge is 2.11. The van der Waals surface area contributed by atoms with Crippen LogP contribution in [0.3, 0.4) is 0 Å². The predicted octanol–water partition coefficient (Wildman–Crippen LogP) is 4.80. The molecule has 0 aliphatic heterocycles. The van der Waals surface area contributed by atoms with Crippen LogP contribution in [0, 0.1) is 0 Å². The number of hydrogen-bond donors (Lipinski definition) is 1. The lowest BCUT2D eigenvalue weighted by atomic mass is 9.98. The second kappa shape index (κ2) is 7.23. The molecule has 0 bridgehead atoms. The molecule has 2 N–H and O–H groups in total. The Kier molecular flexibility index (Phi) is 5.34. The van der Waals surface area contributed by atoms with Gasteiger partial charge in [-0.25, -0.2) is 0 Å². The minimum absolute atomic E-state index is 0.00792. The maximum absolute atomic E-state index is 6.00. The maximum atomic E-state index is 6.00. The van der Waals surface area contributed by atoms with Crippen molar-refractivity contribution in [2.24, 2.45) is 5.73 Å². The summed E-state index contributed by atoms with van der Waals surface area (Å²) < 4.78 is 6.00. The summed E-state index contributed by atoms with van der Waals surface area (Å²) in [6.45, 7) is 6.45. The molecule has 2 aromatic rings. The Hall–Kier alpha value is -1.87. The van der Waals surface area contributed by atoms with E-state index in [1.165, 1.54) is 5.56 Å². The average Bonchev–Trinajstić information content (AvgIpc) is 2.54. The standard InChI is InChI=1S/C18H24N2O/c1-4-13(3)15-8-6-7-9-18(15)21-14-10-11-17(20-12-14)16(19)5-2/h6-13,16H,4-5,19H2,1-3H3/t13?,16-/m0/s1. The third kappa shape index (κ3) is 3.82. The molecule has 1 unspecified atom stereocenters. The lowest BCUT2D eigenvalue weighted by Gasteiger charge is -2.15. The topological polar surface area (TPSA) is 48.1 Å². The minimum Gasteiger partial charge on any atom is -0.455 e. The highest BCUT2D eigenvalue weighted by atomic mass is 16.5. The number of ether oxygens (including phenoxy) is 1. The molecule has 3 heteroatoms. The number of nitrogens with zero attached hydrogens (tertiary/aromatic N) is 1. The molecule has 0 amide bonds. The average molecular weight is 284 g/mol. The van der Waals surface area contributed by atoms with E-state index < -0.39 is 0 Å². The van der Waals surface area contributed by atoms with E-state index >= 15 is 0 Å². The second-order valence-corrected chi connectivity index (χ2v) is 5.38. The van der Waals surface area contributed by atoms with Gasteiger partial charge in [0.25, 0.3) is 0 Å². The Labute approximate surface area is 127 Å². The van der Waals surface area contributed by atoms with Gasteiger partial charge in [-0.15, -0.1) is 0 Å². The minimum atomic E-state index is -0.00792. The van der Waals surface area contributed by atoms with E-state index in [0.717, 1.165) is 30.0 Å². The van der Waals surface area contributed by atoms with Crippen LogP contribution in [0.5, 0.6) is 11.5 Å². The quantitative estimate of drug-likeness (QED) is 0.829. The van der Waals surface area contributed by atoms with E-state index in [2.05, 4.69) is 37.9 Å². The summed E-state index contributed by atoms with van der Waals surface area (Å²) in [7, 11) is 0. The third-order valence-corrected chi connectivity index (χ3v) is 3.87. The summed E-state index contributed by atoms with van der Waals surface area (Å²) in [4.78, 5) is 4.39. The molecule has 0 saturated heterocycles. The maximum Gasteiger partial charge on any atom is 0.145 e. The van der Waals surface area contributed by atoms with Crippen LogP contribution in [0.25, 0.3) is 0 Å². The van der Waals surface area contributed by atoms with Crippen molar-refractivity contribution in [3.05, 3.63) is 53.9 Å². The number of nitrogens with two attached hydrogens (primary N) is 1. The van der Waals surface area contributed by atoms with Gasteiger partial charge in [0.05, 0.1) is 11.9 Å². The van der Waals surface area contributed by atoms with Crippen molar-refractivity contribution in [2.75, 3.05) is 0 Å². The van der Waals surface area contributed by atoms with Gasteiger partial charge in [0, 0.05) is 6.04 Å². The van der Waals surface area contributed by atoms with Crippen LogP contribution in [0.4, 0.5) is 0 Å². The van der Waals surface area contributed by atoms with Gasteiger partial charge in [0.1, 0.15) is 11.5 Å². The summed E-state index contributed by atoms with van der Waals surface area (Å²) >= 11 is 0. The number of rotatable bonds is 6. The van der Waals surface area contributed by atoms with Crippen molar-refractivity contribution in [2.45, 2.75) is 45.6 Å². The van der Waals surface area contributed by atoms with Crippen LogP contribution < -0.4 is 10.5 Å². The molecule has 1 heterocycles. The summed E-state index contributed by atoms with van der Waals surface area (Å²) in [6, 6.07) is 12.0. The predicted molar refractivity (Wildman–Crippen MR) is 86.7 cm³/mol. The molecule has 21 heavy (non-hydrogen) atoms. The second-order valence-electron chi connectivity index (χ2n) is 5.38. The summed E-state index contributed by atoms with van der Waals surface area (Å²) in [5, 5.41) is 0. The summed E-state index contributed by atoms with van der Waals surface area (Å²) in [5.74, 6) is 2.13. The van der Waals surface area contributed by atoms with E-state index in [-0.39, 0.29) is 6.04 Å². The molecule has 0 fully saturated rings. The number of hydrogen-bond acceptors (Lipinski definition) is 3. The third-order valence-electron chi connectivity index (χ3n) is 3.87. The van der Waals surface area contributed by atoms with E-state index in [9.17, 15) is 0 Å². The molecule has 3 nitrogen and oxygen atoms in total. The zero-order chi connectivity index (χ0) is 15.2. The molecular formula is C18H24N2O. The lowest BCUT2D eigenvalue weighted by Crippen LogP contribution is -2.10. The van der Waals surface area contributed by atoms with Crippen LogP contribution >= 0.6 is 0 Å². The van der Waals surface area contributed by atoms with Gasteiger partial charge in [-0.2, -0.15) is 0 Å². The summed E-state index contributed by atoms with van der Waals surface area (Å²) in [6.07, 6.45) is 3.71. The van der Waals surface area contributed by atoms with Crippen molar-refractivity contribution in [3.8, 4) is 11.5 Å². The Balaban J connectivity index is 2.19. The van der Waals surface area contributed by atoms with Gasteiger partial charge >= 0.3 is 0 Å². The van der Waals surface area contributed by atoms with Gasteiger partial charge in [0.2, 0.25) is 0 Å². The first-order valence-electron chi connectivity index (χ1n) is 7.64. The zero-order valence-corrected chi connectivity index (χ0v) is 13.0. The van der Waals surface area contributed by atoms with Crippen LogP contribution in [0.2, 0.25) is 0 Å². The van der Waals surface area contributed by atoms with Crippen LogP contribution in [0.15, 0.2) is 42.6 Å². The fourth-order valence-electron chi connectivity index (χ4n) is 2.21. The zero-order valence-electron chi connectivity index (χ0n) is 13.0. The first kappa shape index (κ1) is 15.5. The molecule has 1 aromatic carbocycles. The van der Waals surface area contributed by atoms with Gasteiger partial charge in [-0.1, -0.05) is 39.0 Å². The largest absolute Gasteiger partial charge is 0.455 e. The van der Waals surface area contributed by atoms with Crippen molar-refractivity contribution in [1.82, 2.24) is 4.98 Å². The van der Waals surface area contributed by atoms with Crippen LogP contribution in [0.1, 0.15) is 56.8 Å². The van der Waals surface area contributed by atoms with Gasteiger partial charge in [-0.05, 0) is 42.5 Å². The molecular weight excluding hydrogens is 260 g/mol. The van der Waals surface area contributed by atoms with Gasteiger partial charge < -0.3 is 10.5 Å². The molecule has 0 spiro atoms. The Morgan fingerprint density at radius 2 is 1.86 bits per heavy atom. The van der Waals surface area contributed by atoms with Gasteiger partial charge in [0.15, 0.2) is 0 Å². The monoisotopic (exact) mass is 284 g/mol. The Morgan fingerprint density at radius 3 is 2.48 bits per heavy atom. The van der Waals surface area contributed by atoms with E-state index in [1.807, 2.05) is 24.3 Å². The number of aromatic nitrogens is 1. The number of pyridine rings is 1. The Morgan fingerprint density at radius 1 is 1.10 bits per heavy atom. The molecule has 2 rings (SSSR count). The molecule has 0 aliphatic carbocycles. The van der Waals surface area contributed by atoms with Crippen LogP contribution in [-0.4, -0.2) is 4.98 Å². The van der Waals surface area contributed by atoms with Crippen molar-refractivity contribution >= 4 is 0 Å². The van der Waals surface area contributed by atoms with Gasteiger partial charge in [-0.3, -0.25) is 4.98 Å². The van der Waals surface area contributed by atoms with Crippen molar-refractivity contribution in [3.63, 3.8) is 0 Å². The summed E-state index contributed by atoms with van der Waals surface area (Å²) in [5.41, 5.74) is 8.11. The molecule has 112 valence electrons. The van der Waals surface area contributed by atoms with Crippen molar-refractivity contribution in [1.29, 1.82) is 0 Å². The van der Waals surface area contributed by atoms with E-state index in [4.69, 9.17) is 10.5 Å². The molecule has 0 aliphatic rings. The number of benzene rings is 1. The van der Waals surface area contributed by atoms with Crippen LogP contribution in [-0.2, 0) is 0 Å². The number of para-hydroxylation sites is 1. The molecule has 2 atom stereocenters.